The Hall–Kier alpha value is -1.76. The molecule has 2 aromatic rings. The Balaban J connectivity index is 2.60. The van der Waals surface area contributed by atoms with Gasteiger partial charge in [-0.1, -0.05) is 24.9 Å². The van der Waals surface area contributed by atoms with Gasteiger partial charge in [0.25, 0.3) is 0 Å². The van der Waals surface area contributed by atoms with E-state index >= 15 is 0 Å². The average Bonchev–Trinajstić information content (AvgIpc) is 2.81. The van der Waals surface area contributed by atoms with Crippen molar-refractivity contribution in [3.63, 3.8) is 0 Å². The minimum absolute atomic E-state index is 0.0625. The molecule has 0 aliphatic rings. The van der Waals surface area contributed by atoms with E-state index in [1.807, 2.05) is 6.92 Å². The van der Waals surface area contributed by atoms with Crippen LogP contribution in [0.5, 0.6) is 0 Å². The molecule has 1 N–H and O–H groups in total. The molecule has 126 valence electrons. The minimum Gasteiger partial charge on any atom is -0.388 e. The summed E-state index contributed by atoms with van der Waals surface area (Å²) >= 11 is 5.87. The van der Waals surface area contributed by atoms with Crippen LogP contribution in [-0.2, 0) is 12.6 Å². The van der Waals surface area contributed by atoms with Crippen molar-refractivity contribution >= 4 is 17.3 Å². The lowest BCUT2D eigenvalue weighted by Crippen LogP contribution is -2.09. The van der Waals surface area contributed by atoms with Gasteiger partial charge >= 0.3 is 6.18 Å². The second-order valence-electron chi connectivity index (χ2n) is 5.04. The number of aromatic nitrogens is 2. The highest BCUT2D eigenvalue weighted by Crippen LogP contribution is 2.37. The molecule has 0 amide bonds. The smallest absolute Gasteiger partial charge is 0.388 e. The van der Waals surface area contributed by atoms with E-state index in [9.17, 15) is 17.6 Å². The Labute approximate surface area is 136 Å². The Morgan fingerprint density at radius 1 is 1.30 bits per heavy atom. The first-order valence-electron chi connectivity index (χ1n) is 7.11. The summed E-state index contributed by atoms with van der Waals surface area (Å²) in [5, 5.41) is 5.81. The number of unbranched alkanes of at least 4 members (excludes halogenated alkanes) is 1. The SMILES string of the molecule is CCCCc1c(Cl)c(C(F)(F)F)nn1-c1ccc(NC)cc1F. The standard InChI is InChI=1S/C15H16ClF4N3/c1-3-4-5-12-13(16)14(15(18,19)20)22-23(12)11-7-6-9(21-2)8-10(11)17/h6-8,21H,3-5H2,1-2H3. The molecule has 23 heavy (non-hydrogen) atoms. The largest absolute Gasteiger partial charge is 0.436 e. The van der Waals surface area contributed by atoms with Crippen molar-refractivity contribution in [2.75, 3.05) is 12.4 Å². The molecule has 0 fully saturated rings. The van der Waals surface area contributed by atoms with Gasteiger partial charge in [0.15, 0.2) is 11.5 Å². The number of benzene rings is 1. The van der Waals surface area contributed by atoms with Crippen molar-refractivity contribution < 1.29 is 17.6 Å². The summed E-state index contributed by atoms with van der Waals surface area (Å²) in [7, 11) is 1.62. The molecule has 8 heteroatoms. The molecule has 0 atom stereocenters. The second kappa shape index (κ2) is 6.78. The van der Waals surface area contributed by atoms with Gasteiger partial charge in [-0.3, -0.25) is 0 Å². The van der Waals surface area contributed by atoms with E-state index in [1.54, 1.807) is 13.1 Å². The van der Waals surface area contributed by atoms with Gasteiger partial charge in [-0.25, -0.2) is 9.07 Å². The number of alkyl halides is 3. The van der Waals surface area contributed by atoms with Gasteiger partial charge in [-0.05, 0) is 31.0 Å². The van der Waals surface area contributed by atoms with Crippen LogP contribution < -0.4 is 5.32 Å². The first-order chi connectivity index (χ1) is 10.8. The number of nitrogens with one attached hydrogen (secondary N) is 1. The molecule has 0 unspecified atom stereocenters. The fraction of sp³-hybridized carbons (Fsp3) is 0.400. The molecule has 1 aromatic carbocycles. The van der Waals surface area contributed by atoms with E-state index < -0.39 is 22.7 Å². The van der Waals surface area contributed by atoms with Crippen LogP contribution in [-0.4, -0.2) is 16.8 Å². The highest BCUT2D eigenvalue weighted by molar-refractivity contribution is 6.32. The van der Waals surface area contributed by atoms with Gasteiger partial charge in [-0.15, -0.1) is 0 Å². The van der Waals surface area contributed by atoms with Gasteiger partial charge in [0.1, 0.15) is 5.69 Å². The lowest BCUT2D eigenvalue weighted by molar-refractivity contribution is -0.141. The predicted molar refractivity (Wildman–Crippen MR) is 81.7 cm³/mol. The summed E-state index contributed by atoms with van der Waals surface area (Å²) in [4.78, 5) is 0. The van der Waals surface area contributed by atoms with Gasteiger partial charge in [-0.2, -0.15) is 18.3 Å². The van der Waals surface area contributed by atoms with E-state index in [0.29, 0.717) is 12.1 Å². The van der Waals surface area contributed by atoms with E-state index in [2.05, 4.69) is 10.4 Å². The lowest BCUT2D eigenvalue weighted by atomic mass is 10.2. The quantitative estimate of drug-likeness (QED) is 0.764. The van der Waals surface area contributed by atoms with Gasteiger partial charge < -0.3 is 5.32 Å². The predicted octanol–water partition coefficient (Wildman–Crippen LogP) is 5.07. The zero-order valence-corrected chi connectivity index (χ0v) is 13.4. The lowest BCUT2D eigenvalue weighted by Gasteiger charge is -2.10. The van der Waals surface area contributed by atoms with Crippen molar-refractivity contribution in [3.05, 3.63) is 40.4 Å². The van der Waals surface area contributed by atoms with E-state index in [0.717, 1.165) is 11.1 Å². The Morgan fingerprint density at radius 2 is 2.00 bits per heavy atom. The van der Waals surface area contributed by atoms with Crippen molar-refractivity contribution in [1.29, 1.82) is 0 Å². The summed E-state index contributed by atoms with van der Waals surface area (Å²) in [5.74, 6) is -0.678. The zero-order chi connectivity index (χ0) is 17.2. The summed E-state index contributed by atoms with van der Waals surface area (Å²) in [6.07, 6.45) is -3.01. The van der Waals surface area contributed by atoms with Crippen molar-refractivity contribution in [3.8, 4) is 5.69 Å². The third-order valence-corrected chi connectivity index (χ3v) is 3.81. The first kappa shape index (κ1) is 17.6. The van der Waals surface area contributed by atoms with Crippen LogP contribution in [0, 0.1) is 5.82 Å². The Kier molecular flexibility index (Phi) is 5.19. The molecule has 3 nitrogen and oxygen atoms in total. The van der Waals surface area contributed by atoms with E-state index in [4.69, 9.17) is 11.6 Å². The number of rotatable bonds is 5. The molecule has 0 saturated heterocycles. The fourth-order valence-electron chi connectivity index (χ4n) is 2.21. The van der Waals surface area contributed by atoms with Crippen molar-refractivity contribution in [1.82, 2.24) is 9.78 Å². The zero-order valence-electron chi connectivity index (χ0n) is 12.6. The number of hydrogen-bond acceptors (Lipinski definition) is 2. The third kappa shape index (κ3) is 3.60. The highest BCUT2D eigenvalue weighted by atomic mass is 35.5. The van der Waals surface area contributed by atoms with Crippen LogP contribution in [0.3, 0.4) is 0 Å². The van der Waals surface area contributed by atoms with Gasteiger partial charge in [0, 0.05) is 12.7 Å². The number of hydrogen-bond donors (Lipinski definition) is 1. The summed E-state index contributed by atoms with van der Waals surface area (Å²) in [6.45, 7) is 1.90. The summed E-state index contributed by atoms with van der Waals surface area (Å²) in [6, 6.07) is 4.13. The molecule has 0 radical (unpaired) electrons. The molecule has 1 heterocycles. The number of anilines is 1. The molecule has 0 bridgehead atoms. The van der Waals surface area contributed by atoms with Gasteiger partial charge in [0.05, 0.1) is 10.7 Å². The molecule has 2 rings (SSSR count). The normalized spacial score (nSPS) is 11.8. The van der Waals surface area contributed by atoms with Crippen LogP contribution in [0.4, 0.5) is 23.2 Å². The molecule has 0 aliphatic heterocycles. The maximum Gasteiger partial charge on any atom is 0.436 e. The molecular weight excluding hydrogens is 334 g/mol. The molecule has 0 aliphatic carbocycles. The Morgan fingerprint density at radius 3 is 2.52 bits per heavy atom. The van der Waals surface area contributed by atoms with Gasteiger partial charge in [0.2, 0.25) is 0 Å². The monoisotopic (exact) mass is 349 g/mol. The average molecular weight is 350 g/mol. The molecular formula is C15H16ClF4N3. The Bertz CT molecular complexity index is 695. The van der Waals surface area contributed by atoms with E-state index in [-0.39, 0.29) is 17.8 Å². The van der Waals surface area contributed by atoms with Crippen LogP contribution in [0.15, 0.2) is 18.2 Å². The summed E-state index contributed by atoms with van der Waals surface area (Å²) in [5.41, 5.74) is -0.581. The van der Waals surface area contributed by atoms with Crippen LogP contribution >= 0.6 is 11.6 Å². The maximum absolute atomic E-state index is 14.2. The number of halogens is 5. The maximum atomic E-state index is 14.2. The molecule has 1 aromatic heterocycles. The first-order valence-corrected chi connectivity index (χ1v) is 7.49. The highest BCUT2D eigenvalue weighted by Gasteiger charge is 2.39. The fourth-order valence-corrected chi connectivity index (χ4v) is 2.53. The molecule has 0 spiro atoms. The van der Waals surface area contributed by atoms with Crippen molar-refractivity contribution in [2.45, 2.75) is 32.4 Å². The number of nitrogens with zero attached hydrogens (tertiary/aromatic N) is 2. The molecule has 0 saturated carbocycles. The third-order valence-electron chi connectivity index (χ3n) is 3.42. The minimum atomic E-state index is -4.69. The van der Waals surface area contributed by atoms with Crippen LogP contribution in [0.1, 0.15) is 31.2 Å². The topological polar surface area (TPSA) is 29.9 Å². The van der Waals surface area contributed by atoms with E-state index in [1.165, 1.54) is 12.1 Å². The van der Waals surface area contributed by atoms with Crippen LogP contribution in [0.2, 0.25) is 5.02 Å². The van der Waals surface area contributed by atoms with Crippen LogP contribution in [0.25, 0.3) is 5.69 Å². The second-order valence-corrected chi connectivity index (χ2v) is 5.42. The summed E-state index contributed by atoms with van der Waals surface area (Å²) < 4.78 is 54.3. The van der Waals surface area contributed by atoms with Crippen molar-refractivity contribution in [2.24, 2.45) is 0 Å².